The normalized spacial score (nSPS) is 25.9. The Bertz CT molecular complexity index is 5300. The highest BCUT2D eigenvalue weighted by Gasteiger charge is 2.52. The van der Waals surface area contributed by atoms with Crippen molar-refractivity contribution in [3.05, 3.63) is 164 Å². The highest BCUT2D eigenvalue weighted by atomic mass is 35.5. The maximum Gasteiger partial charge on any atom is 0.335 e. The molecule has 0 aromatic heterocycles. The zero-order valence-corrected chi connectivity index (χ0v) is 70.4. The van der Waals surface area contributed by atoms with E-state index in [1.807, 2.05) is 0 Å². The molecule has 3 unspecified atom stereocenters. The number of hydrogen-bond donors (Lipinski definition) is 21. The highest BCUT2D eigenvalue weighted by molar-refractivity contribution is 6.33. The van der Waals surface area contributed by atoms with Gasteiger partial charge in [-0.05, 0) is 147 Å². The number of carboxylic acid groups (broad SMARTS) is 1. The molecule has 0 aliphatic carbocycles. The molecule has 18 atom stereocenters. The maximum absolute atomic E-state index is 16.8. The minimum atomic E-state index is -2.45. The largest absolute Gasteiger partial charge is 0.508 e. The summed E-state index contributed by atoms with van der Waals surface area (Å²) in [4.78, 5) is 140. The third-order valence-corrected chi connectivity index (χ3v) is 23.3. The minimum Gasteiger partial charge on any atom is -0.508 e. The van der Waals surface area contributed by atoms with Crippen LogP contribution in [-0.4, -0.2) is 234 Å². The number of carbonyl (C=O) groups is 9. The van der Waals surface area contributed by atoms with Gasteiger partial charge in [0.05, 0.1) is 16.7 Å². The number of aliphatic carboxylic acids is 1. The van der Waals surface area contributed by atoms with E-state index in [1.165, 1.54) is 49.5 Å². The van der Waals surface area contributed by atoms with E-state index < -0.39 is 271 Å². The molecule has 7 aromatic carbocycles. The van der Waals surface area contributed by atoms with Crippen molar-refractivity contribution in [1.82, 2.24) is 52.8 Å². The second-order valence-electron chi connectivity index (χ2n) is 31.9. The van der Waals surface area contributed by atoms with Crippen LogP contribution in [0.25, 0.3) is 11.1 Å². The zero-order chi connectivity index (χ0) is 91.1. The Hall–Kier alpha value is -11.9. The van der Waals surface area contributed by atoms with Crippen LogP contribution in [0.2, 0.25) is 10.0 Å². The molecule has 40 heteroatoms. The number of carbonyl (C=O) groups excluding carboxylic acids is 8. The van der Waals surface area contributed by atoms with Gasteiger partial charge in [0, 0.05) is 48.2 Å². The summed E-state index contributed by atoms with van der Waals surface area (Å²) in [5.41, 5.74) is -2.67. The average Bonchev–Trinajstić information content (AvgIpc) is 0.744. The minimum absolute atomic E-state index is 0.0939. The van der Waals surface area contributed by atoms with Crippen LogP contribution >= 0.6 is 23.2 Å². The summed E-state index contributed by atoms with van der Waals surface area (Å²) in [5, 5.41) is 161. The van der Waals surface area contributed by atoms with Gasteiger partial charge < -0.3 is 147 Å². The lowest BCUT2D eigenvalue weighted by molar-refractivity contribution is -0.277. The molecule has 2 fully saturated rings. The number of benzene rings is 7. The van der Waals surface area contributed by atoms with E-state index in [4.69, 9.17) is 56.4 Å². The standard InChI is InChI=1S/C87H98Cl2N10O28/c1-5-6-7-8-9-10-11-12-14-60(105)93-69-72(108)74(110)77(85(119)120)127-86(69)126-76-57-31-42-32-58(76)123-54-24-19-41(29-49(54)88)70(106)68-84(118)97-66(79(113)91-25-13-26-99(3)4)47-33-43(101)34-56(124-87-75(111)73(109)71(107)59(37-100)125-87)61(47)46-28-39(17-22-51(46)102)64(81(115)98-68)94-82(116)65(42)95-83(117)67-48-35-45(36-53(104)62(48)89)122-55-30-40(18-23-52(55)103)63(90-2)80(114)92-50(78(112)96-67)27-38-15-20-44(121-57)21-16-38/h15-24,28-36,50,59,63-75,77,86-87,90,100-104,106-111H,5-14,25-27,37H2,1-4H3,(H,91,113)(H,92,114)(H,93,105)(H,94,116)(H,95,117)(H,96,112)(H,97,118)(H,98,115)(H,119,120)/t50-,59-,63+,64-,65-,66?,67?,68+,69-,70-,71-,72-,73+,74?,75+,77+,86-,87+/m1/s1. The third kappa shape index (κ3) is 20.9. The number of aliphatic hydroxyl groups is 7. The second-order valence-corrected chi connectivity index (χ2v) is 32.7. The number of nitrogens with zero attached hydrogens (tertiary/aromatic N) is 1. The fraction of sp³-hybridized carbons (Fsp3) is 0.414. The van der Waals surface area contributed by atoms with Gasteiger partial charge in [-0.2, -0.15) is 0 Å². The molecule has 38 nitrogen and oxygen atoms in total. The molecule has 2 saturated heterocycles. The average molecular weight is 1800 g/mol. The number of amides is 8. The predicted octanol–water partition coefficient (Wildman–Crippen LogP) is 3.92. The molecule has 8 amide bonds. The smallest absolute Gasteiger partial charge is 0.335 e. The van der Waals surface area contributed by atoms with E-state index in [0.29, 0.717) is 24.9 Å². The summed E-state index contributed by atoms with van der Waals surface area (Å²) in [7, 11) is 4.95. The van der Waals surface area contributed by atoms with Crippen molar-refractivity contribution >= 4 is 76.4 Å². The van der Waals surface area contributed by atoms with Crippen LogP contribution in [0.4, 0.5) is 0 Å². The molecule has 8 aliphatic rings. The van der Waals surface area contributed by atoms with Gasteiger partial charge in [-0.15, -0.1) is 0 Å². The lowest BCUT2D eigenvalue weighted by Gasteiger charge is -2.41. The van der Waals surface area contributed by atoms with E-state index in [0.717, 1.165) is 111 Å². The Morgan fingerprint density at radius 3 is 1.89 bits per heavy atom. The van der Waals surface area contributed by atoms with E-state index in [9.17, 15) is 75.7 Å². The molecule has 21 N–H and O–H groups in total. The van der Waals surface area contributed by atoms with Crippen LogP contribution in [0.1, 0.15) is 146 Å². The molecular formula is C87H98Cl2N10O28. The monoisotopic (exact) mass is 1800 g/mol. The number of fused-ring (bicyclic) bond motifs is 14. The Kier molecular flexibility index (Phi) is 29.5. The lowest BCUT2D eigenvalue weighted by atomic mass is 9.89. The fourth-order valence-electron chi connectivity index (χ4n) is 15.8. The first-order valence-electron chi connectivity index (χ1n) is 41.1. The first-order chi connectivity index (χ1) is 60.7. The van der Waals surface area contributed by atoms with Crippen LogP contribution in [0, 0.1) is 0 Å². The Morgan fingerprint density at radius 2 is 1.20 bits per heavy atom. The quantitative estimate of drug-likeness (QED) is 0.0428. The number of halogens is 2. The van der Waals surface area contributed by atoms with Gasteiger partial charge >= 0.3 is 5.97 Å². The summed E-state index contributed by atoms with van der Waals surface area (Å²) in [5.74, 6) is -18.0. The number of aliphatic hydroxyl groups excluding tert-OH is 7. The van der Waals surface area contributed by atoms with Crippen LogP contribution in [0.5, 0.6) is 69.0 Å². The Labute approximate surface area is 735 Å². The third-order valence-electron chi connectivity index (χ3n) is 22.6. The Morgan fingerprint density at radius 1 is 0.551 bits per heavy atom. The van der Waals surface area contributed by atoms with E-state index in [1.54, 1.807) is 19.0 Å². The number of carboxylic acids is 1. The number of rotatable bonds is 22. The lowest BCUT2D eigenvalue weighted by Crippen LogP contribution is -2.66. The van der Waals surface area contributed by atoms with Crippen LogP contribution in [0.15, 0.2) is 115 Å². The van der Waals surface area contributed by atoms with Crippen molar-refractivity contribution in [3.8, 4) is 80.1 Å². The van der Waals surface area contributed by atoms with E-state index in [-0.39, 0.29) is 47.8 Å². The number of phenolic OH excluding ortho intramolecular Hbond substituents is 4. The molecule has 7 aromatic rings. The predicted molar refractivity (Wildman–Crippen MR) is 448 cm³/mol. The molecule has 15 rings (SSSR count). The molecule has 127 heavy (non-hydrogen) atoms. The van der Waals surface area contributed by atoms with Gasteiger partial charge in [0.25, 0.3) is 0 Å². The number of nitrogens with one attached hydrogen (secondary N) is 9. The molecule has 678 valence electrons. The summed E-state index contributed by atoms with van der Waals surface area (Å²) in [6.45, 7) is 1.44. The van der Waals surface area contributed by atoms with Gasteiger partial charge in [0.15, 0.2) is 29.1 Å². The number of hydrogen-bond acceptors (Lipinski definition) is 29. The first kappa shape index (κ1) is 92.8. The second kappa shape index (κ2) is 40.4. The van der Waals surface area contributed by atoms with Crippen molar-refractivity contribution in [2.75, 3.05) is 40.8 Å². The van der Waals surface area contributed by atoms with Gasteiger partial charge in [0.1, 0.15) is 131 Å². The van der Waals surface area contributed by atoms with Gasteiger partial charge in [-0.25, -0.2) is 4.79 Å². The van der Waals surface area contributed by atoms with Gasteiger partial charge in [0.2, 0.25) is 65.6 Å². The Balaban J connectivity index is 1.05. The van der Waals surface area contributed by atoms with E-state index >= 15 is 28.8 Å². The molecular weight excluding hydrogens is 1700 g/mol. The number of phenols is 4. The topological polar surface area (TPSA) is 573 Å². The molecule has 0 spiro atoms. The number of unbranched alkanes of at least 4 members (excludes halogenated alkanes) is 7. The van der Waals surface area contributed by atoms with Crippen molar-refractivity contribution in [2.24, 2.45) is 0 Å². The molecule has 0 radical (unpaired) electrons. The van der Waals surface area contributed by atoms with Crippen LogP contribution in [0.3, 0.4) is 0 Å². The molecule has 8 heterocycles. The van der Waals surface area contributed by atoms with Crippen molar-refractivity contribution in [2.45, 2.75) is 187 Å². The highest BCUT2D eigenvalue weighted by Crippen LogP contribution is 2.51. The van der Waals surface area contributed by atoms with Gasteiger partial charge in [-0.1, -0.05) is 105 Å². The summed E-state index contributed by atoms with van der Waals surface area (Å²) >= 11 is 14.3. The first-order valence-corrected chi connectivity index (χ1v) is 41.9. The van der Waals surface area contributed by atoms with Crippen molar-refractivity contribution in [1.29, 1.82) is 0 Å². The number of ether oxygens (including phenoxy) is 7. The van der Waals surface area contributed by atoms with Crippen molar-refractivity contribution in [3.63, 3.8) is 0 Å². The van der Waals surface area contributed by atoms with Gasteiger partial charge in [-0.3, -0.25) is 38.4 Å². The van der Waals surface area contributed by atoms with Crippen LogP contribution in [-0.2, 0) is 59.0 Å². The zero-order valence-electron chi connectivity index (χ0n) is 68.9. The molecule has 17 bridgehead atoms. The summed E-state index contributed by atoms with van der Waals surface area (Å²) in [6.07, 6.45) is -14.7. The summed E-state index contributed by atoms with van der Waals surface area (Å²) < 4.78 is 44.5. The molecule has 8 aliphatic heterocycles. The van der Waals surface area contributed by atoms with Crippen LogP contribution < -0.4 is 71.5 Å². The molecule has 0 saturated carbocycles. The number of aromatic hydroxyl groups is 4. The van der Waals surface area contributed by atoms with E-state index in [2.05, 4.69) is 54.8 Å². The number of likely N-dealkylation sites (N-methyl/N-ethyl adjacent to an activating group) is 1. The SMILES string of the molecule is CCCCCCCCCCC(=O)N[C@H]1[C@H](Oc2c3cc4cc2Oc2ccc(cc2Cl)[C@@H](O)[C@@H]2NC(=O)[C@H](NC(=O)[C@@H]4NC(=O)C4NC(=O)[C@@H](Cc5ccc(cc5)O3)NC(=O)[C@@H](NC)c3ccc(O)c(c3)Oc3cc(O)c(Cl)c4c3)c3ccc(O)c(c3)-c3c(O[C@H]4O[C@H](CO)[C@@H](O)[C@H](O)[C@@H]4O)cc(O)cc3C(C(=O)NCCCN(C)C)NC2=O)O[C@H](C(=O)O)C(O)[C@@H]1O. The summed E-state index contributed by atoms with van der Waals surface area (Å²) in [6, 6.07) is 5.68. The maximum atomic E-state index is 16.8. The van der Waals surface area contributed by atoms with Crippen molar-refractivity contribution < 1.29 is 138 Å². The fourth-order valence-corrected chi connectivity index (χ4v) is 16.2.